The number of fused-ring (bicyclic) bond motifs is 4. The SMILES string of the molecule is CCC1=C2[C@@H](CC/C(C)=C/c3ccc(O)c4ccccc34)OB(O)C[C@@H]2[C@@H]2C(=O)N(C3CCN(Cc4ccccc4)CC3)C(=O)[C@@H]2C1. The van der Waals surface area contributed by atoms with Gasteiger partial charge in [0, 0.05) is 31.1 Å². The second-order valence-electron chi connectivity index (χ2n) is 14.0. The van der Waals surface area contributed by atoms with Crippen LogP contribution >= 0.6 is 0 Å². The van der Waals surface area contributed by atoms with E-state index >= 15 is 0 Å². The number of carbonyl (C=O) groups excluding carboxylic acids is 2. The number of likely N-dealkylation sites (tertiary alicyclic amines) is 2. The summed E-state index contributed by atoms with van der Waals surface area (Å²) in [6.07, 6.45) is 6.67. The van der Waals surface area contributed by atoms with Gasteiger partial charge in [-0.25, -0.2) is 0 Å². The van der Waals surface area contributed by atoms with Crippen LogP contribution in [0, 0.1) is 17.8 Å². The van der Waals surface area contributed by atoms with Crippen molar-refractivity contribution in [3.63, 3.8) is 0 Å². The van der Waals surface area contributed by atoms with Crippen LogP contribution in [0.15, 0.2) is 83.4 Å². The quantitative estimate of drug-likeness (QED) is 0.165. The fraction of sp³-hybridized carbons (Fsp3) is 0.436. The lowest BCUT2D eigenvalue weighted by Crippen LogP contribution is -2.48. The van der Waals surface area contributed by atoms with Gasteiger partial charge in [0.05, 0.1) is 17.9 Å². The number of aromatic hydroxyl groups is 1. The van der Waals surface area contributed by atoms with Crippen molar-refractivity contribution in [3.8, 4) is 5.75 Å². The number of phenols is 1. The Labute approximate surface area is 278 Å². The Morgan fingerprint density at radius 2 is 1.68 bits per heavy atom. The van der Waals surface area contributed by atoms with Gasteiger partial charge in [-0.05, 0) is 85.8 Å². The maximum absolute atomic E-state index is 14.2. The summed E-state index contributed by atoms with van der Waals surface area (Å²) in [5, 5.41) is 23.1. The molecule has 47 heavy (non-hydrogen) atoms. The molecule has 3 aromatic carbocycles. The second-order valence-corrected chi connectivity index (χ2v) is 14.0. The van der Waals surface area contributed by atoms with Crippen molar-refractivity contribution >= 4 is 35.8 Å². The molecule has 3 aromatic rings. The monoisotopic (exact) mass is 632 g/mol. The first kappa shape index (κ1) is 31.9. The van der Waals surface area contributed by atoms with Gasteiger partial charge in [-0.15, -0.1) is 0 Å². The largest absolute Gasteiger partial charge is 0.507 e. The summed E-state index contributed by atoms with van der Waals surface area (Å²) in [6.45, 7) is 6.84. The summed E-state index contributed by atoms with van der Waals surface area (Å²) >= 11 is 0. The number of nitrogens with zero attached hydrogens (tertiary/aromatic N) is 2. The van der Waals surface area contributed by atoms with E-state index in [9.17, 15) is 19.7 Å². The Morgan fingerprint density at radius 1 is 0.957 bits per heavy atom. The molecule has 2 N–H and O–H groups in total. The van der Waals surface area contributed by atoms with E-state index in [-0.39, 0.29) is 41.5 Å². The van der Waals surface area contributed by atoms with E-state index in [1.54, 1.807) is 11.0 Å². The van der Waals surface area contributed by atoms with Crippen molar-refractivity contribution in [1.82, 2.24) is 9.80 Å². The second kappa shape index (κ2) is 13.4. The Balaban J connectivity index is 1.06. The molecule has 0 bridgehead atoms. The van der Waals surface area contributed by atoms with Gasteiger partial charge in [0.15, 0.2) is 0 Å². The number of phenolic OH excluding ortho intramolecular Hbond substituents is 1. The highest BCUT2D eigenvalue weighted by atomic mass is 16.5. The Bertz CT molecular complexity index is 1710. The maximum atomic E-state index is 14.2. The van der Waals surface area contributed by atoms with E-state index in [1.165, 1.54) is 16.7 Å². The zero-order chi connectivity index (χ0) is 32.7. The van der Waals surface area contributed by atoms with Crippen LogP contribution in [-0.2, 0) is 20.8 Å². The molecular weight excluding hydrogens is 587 g/mol. The standard InChI is InChI=1S/C39H45BN2O5/c1-3-27-22-32-37(39(45)42(38(32)44)29-17-19-41(20-18-29)24-26-9-5-4-6-10-26)33-23-40(46)47-35(36(27)33)16-13-25(2)21-28-14-15-34(43)31-12-8-7-11-30(28)31/h4-12,14-15,21,29,32-33,35,37,43,46H,3,13,16-20,22-24H2,1-2H3/b25-21+/t32-,33+,35-,37-/m1/s1. The summed E-state index contributed by atoms with van der Waals surface area (Å²) in [6, 6.07) is 21.9. The average Bonchev–Trinajstić information content (AvgIpc) is 3.34. The van der Waals surface area contributed by atoms with E-state index in [1.807, 2.05) is 36.4 Å². The number of rotatable bonds is 8. The van der Waals surface area contributed by atoms with Gasteiger partial charge in [0.1, 0.15) is 5.75 Å². The van der Waals surface area contributed by atoms with Crippen LogP contribution in [0.2, 0.25) is 6.32 Å². The lowest BCUT2D eigenvalue weighted by Gasteiger charge is -2.43. The van der Waals surface area contributed by atoms with Crippen molar-refractivity contribution in [3.05, 3.63) is 94.6 Å². The average molecular weight is 633 g/mol. The van der Waals surface area contributed by atoms with Crippen LogP contribution in [0.3, 0.4) is 0 Å². The normalized spacial score (nSPS) is 25.9. The van der Waals surface area contributed by atoms with Crippen LogP contribution in [0.25, 0.3) is 16.8 Å². The van der Waals surface area contributed by atoms with Crippen LogP contribution in [0.4, 0.5) is 0 Å². The molecule has 7 nitrogen and oxygen atoms in total. The minimum atomic E-state index is -0.964. The smallest absolute Gasteiger partial charge is 0.455 e. The summed E-state index contributed by atoms with van der Waals surface area (Å²) in [5.41, 5.74) is 5.88. The molecule has 3 fully saturated rings. The maximum Gasteiger partial charge on any atom is 0.455 e. The number of imide groups is 1. The number of piperidine rings is 1. The molecule has 0 radical (unpaired) electrons. The fourth-order valence-corrected chi connectivity index (χ4v) is 8.79. The van der Waals surface area contributed by atoms with Crippen LogP contribution in [0.5, 0.6) is 5.75 Å². The van der Waals surface area contributed by atoms with E-state index in [0.29, 0.717) is 19.2 Å². The van der Waals surface area contributed by atoms with Crippen molar-refractivity contribution in [2.45, 2.75) is 77.4 Å². The summed E-state index contributed by atoms with van der Waals surface area (Å²) < 4.78 is 6.21. The molecule has 0 saturated carbocycles. The topological polar surface area (TPSA) is 90.3 Å². The molecule has 2 amide bonds. The molecule has 0 spiro atoms. The first-order chi connectivity index (χ1) is 22.8. The third kappa shape index (κ3) is 6.19. The van der Waals surface area contributed by atoms with Gasteiger partial charge in [-0.2, -0.15) is 0 Å². The van der Waals surface area contributed by atoms with E-state index in [4.69, 9.17) is 4.65 Å². The number of hydrogen-bond acceptors (Lipinski definition) is 6. The highest BCUT2D eigenvalue weighted by molar-refractivity contribution is 6.43. The van der Waals surface area contributed by atoms with Gasteiger partial charge in [0.25, 0.3) is 0 Å². The first-order valence-electron chi connectivity index (χ1n) is 17.4. The molecular formula is C39H45BN2O5. The molecule has 0 unspecified atom stereocenters. The van der Waals surface area contributed by atoms with Gasteiger partial charge >= 0.3 is 7.12 Å². The third-order valence-corrected chi connectivity index (χ3v) is 11.1. The Kier molecular flexibility index (Phi) is 9.10. The van der Waals surface area contributed by atoms with Crippen LogP contribution in [-0.4, -0.2) is 64.1 Å². The van der Waals surface area contributed by atoms with E-state index in [0.717, 1.165) is 67.2 Å². The summed E-state index contributed by atoms with van der Waals surface area (Å²) in [4.78, 5) is 32.2. The number of benzene rings is 3. The van der Waals surface area contributed by atoms with Crippen LogP contribution < -0.4 is 0 Å². The van der Waals surface area contributed by atoms with Crippen molar-refractivity contribution in [2.24, 2.45) is 17.8 Å². The molecule has 244 valence electrons. The Morgan fingerprint density at radius 3 is 2.43 bits per heavy atom. The summed E-state index contributed by atoms with van der Waals surface area (Å²) in [5.74, 6) is -0.721. The fourth-order valence-electron chi connectivity index (χ4n) is 8.79. The van der Waals surface area contributed by atoms with Crippen molar-refractivity contribution in [2.75, 3.05) is 13.1 Å². The van der Waals surface area contributed by atoms with Crippen molar-refractivity contribution in [1.29, 1.82) is 0 Å². The molecule has 1 aliphatic carbocycles. The Hall–Kier alpha value is -3.72. The highest BCUT2D eigenvalue weighted by Gasteiger charge is 2.58. The molecule has 3 saturated heterocycles. The zero-order valence-corrected chi connectivity index (χ0v) is 27.5. The first-order valence-corrected chi connectivity index (χ1v) is 17.4. The number of allylic oxidation sites excluding steroid dienone is 2. The lowest BCUT2D eigenvalue weighted by molar-refractivity contribution is -0.144. The lowest BCUT2D eigenvalue weighted by atomic mass is 9.58. The van der Waals surface area contributed by atoms with Crippen molar-refractivity contribution < 1.29 is 24.4 Å². The van der Waals surface area contributed by atoms with Gasteiger partial charge in [-0.3, -0.25) is 19.4 Å². The molecule has 3 aliphatic heterocycles. The van der Waals surface area contributed by atoms with E-state index in [2.05, 4.69) is 49.1 Å². The zero-order valence-electron chi connectivity index (χ0n) is 27.5. The number of hydrogen-bond donors (Lipinski definition) is 2. The molecule has 8 heteroatoms. The third-order valence-electron chi connectivity index (χ3n) is 11.1. The highest BCUT2D eigenvalue weighted by Crippen LogP contribution is 2.52. The predicted octanol–water partition coefficient (Wildman–Crippen LogP) is 6.60. The van der Waals surface area contributed by atoms with Gasteiger partial charge in [0.2, 0.25) is 11.8 Å². The molecule has 4 atom stereocenters. The van der Waals surface area contributed by atoms with E-state index < -0.39 is 13.0 Å². The molecule has 7 rings (SSSR count). The number of amides is 2. The number of carbonyl (C=O) groups is 2. The summed E-state index contributed by atoms with van der Waals surface area (Å²) in [7, 11) is -0.964. The predicted molar refractivity (Wildman–Crippen MR) is 185 cm³/mol. The van der Waals surface area contributed by atoms with Gasteiger partial charge in [-0.1, -0.05) is 84.8 Å². The molecule has 3 heterocycles. The molecule has 0 aromatic heterocycles. The minimum Gasteiger partial charge on any atom is -0.507 e. The van der Waals surface area contributed by atoms with Crippen LogP contribution in [0.1, 0.15) is 63.5 Å². The minimum absolute atomic E-state index is 0.0102. The molecule has 4 aliphatic rings. The van der Waals surface area contributed by atoms with Gasteiger partial charge < -0.3 is 14.8 Å².